The first-order valence-corrected chi connectivity index (χ1v) is 11.4. The van der Waals surface area contributed by atoms with Crippen molar-refractivity contribution in [3.8, 4) is 5.75 Å². The van der Waals surface area contributed by atoms with Crippen LogP contribution in [-0.2, 0) is 16.4 Å². The maximum atomic E-state index is 12.9. The van der Waals surface area contributed by atoms with Crippen LogP contribution in [0.15, 0.2) is 49.3 Å². The molecular weight excluding hydrogens is 529 g/mol. The number of hydrogen-bond acceptors (Lipinski definition) is 5. The molecule has 1 heterocycles. The van der Waals surface area contributed by atoms with Gasteiger partial charge in [-0.05, 0) is 51.8 Å². The maximum absolute atomic E-state index is 12.9. The Morgan fingerprint density at radius 2 is 1.87 bits per heavy atom. The summed E-state index contributed by atoms with van der Waals surface area (Å²) in [5.41, 5.74) is -1.75. The van der Waals surface area contributed by atoms with Crippen LogP contribution in [0, 0.1) is 0 Å². The second-order valence-electron chi connectivity index (χ2n) is 6.35. The molecule has 0 spiro atoms. The Morgan fingerprint density at radius 1 is 1.19 bits per heavy atom. The van der Waals surface area contributed by atoms with Gasteiger partial charge in [0.25, 0.3) is 5.56 Å². The Kier molecular flexibility index (Phi) is 6.27. The zero-order valence-electron chi connectivity index (χ0n) is 15.6. The fourth-order valence-electron chi connectivity index (χ4n) is 2.90. The van der Waals surface area contributed by atoms with E-state index in [4.69, 9.17) is 11.6 Å². The van der Waals surface area contributed by atoms with Gasteiger partial charge in [-0.1, -0.05) is 18.5 Å². The third-order valence-electron chi connectivity index (χ3n) is 4.33. The van der Waals surface area contributed by atoms with E-state index in [1.54, 1.807) is 0 Å². The number of rotatable bonds is 5. The number of aromatic nitrogens is 2. The third-order valence-corrected chi connectivity index (χ3v) is 7.01. The van der Waals surface area contributed by atoms with Crippen LogP contribution in [0.2, 0.25) is 5.02 Å². The molecule has 3 aromatic rings. The number of aromatic amines is 1. The van der Waals surface area contributed by atoms with Crippen molar-refractivity contribution >= 4 is 48.3 Å². The lowest BCUT2D eigenvalue weighted by Crippen LogP contribution is -2.35. The van der Waals surface area contributed by atoms with Crippen molar-refractivity contribution in [2.45, 2.75) is 24.7 Å². The summed E-state index contributed by atoms with van der Waals surface area (Å²) >= 11 is 8.86. The molecule has 0 amide bonds. The van der Waals surface area contributed by atoms with Gasteiger partial charge in [0.15, 0.2) is 9.84 Å². The maximum Gasteiger partial charge on any atom is 0.573 e. The van der Waals surface area contributed by atoms with E-state index in [0.29, 0.717) is 4.57 Å². The van der Waals surface area contributed by atoms with Crippen LogP contribution in [0.25, 0.3) is 10.9 Å². The summed E-state index contributed by atoms with van der Waals surface area (Å²) in [5, 5.41) is -0.0795. The minimum Gasteiger partial charge on any atom is -0.405 e. The van der Waals surface area contributed by atoms with Gasteiger partial charge in [-0.2, -0.15) is 0 Å². The van der Waals surface area contributed by atoms with Crippen LogP contribution in [0.4, 0.5) is 13.2 Å². The molecule has 0 aliphatic carbocycles. The van der Waals surface area contributed by atoms with Crippen molar-refractivity contribution < 1.29 is 26.3 Å². The van der Waals surface area contributed by atoms with Crippen molar-refractivity contribution in [1.29, 1.82) is 0 Å². The van der Waals surface area contributed by atoms with E-state index in [-0.39, 0.29) is 36.6 Å². The van der Waals surface area contributed by atoms with Gasteiger partial charge in [0.2, 0.25) is 0 Å². The highest BCUT2D eigenvalue weighted by Gasteiger charge is 2.32. The van der Waals surface area contributed by atoms with Crippen LogP contribution < -0.4 is 16.0 Å². The molecule has 2 aromatic carbocycles. The van der Waals surface area contributed by atoms with E-state index in [1.165, 1.54) is 25.1 Å². The van der Waals surface area contributed by atoms with Crippen LogP contribution in [-0.4, -0.2) is 30.1 Å². The van der Waals surface area contributed by atoms with Crippen molar-refractivity contribution in [3.63, 3.8) is 0 Å². The van der Waals surface area contributed by atoms with E-state index in [2.05, 4.69) is 25.7 Å². The molecule has 3 rings (SSSR count). The Balaban J connectivity index is 2.21. The van der Waals surface area contributed by atoms with Crippen LogP contribution >= 0.6 is 27.5 Å². The number of sulfone groups is 1. The molecule has 7 nitrogen and oxygen atoms in total. The van der Waals surface area contributed by atoms with E-state index in [0.717, 1.165) is 12.1 Å². The van der Waals surface area contributed by atoms with Crippen molar-refractivity contribution in [2.24, 2.45) is 0 Å². The average Bonchev–Trinajstić information content (AvgIpc) is 2.65. The zero-order chi connectivity index (χ0) is 23.1. The lowest BCUT2D eigenvalue weighted by Gasteiger charge is -2.13. The number of fused-ring (bicyclic) bond motifs is 1. The minimum atomic E-state index is -5.00. The van der Waals surface area contributed by atoms with Gasteiger partial charge >= 0.3 is 12.1 Å². The molecule has 0 bridgehead atoms. The highest BCUT2D eigenvalue weighted by molar-refractivity contribution is 9.10. The molecular formula is C18H13BrClF3N2O5S. The highest BCUT2D eigenvalue weighted by Crippen LogP contribution is 2.32. The number of alkyl halides is 3. The van der Waals surface area contributed by atoms with Gasteiger partial charge in [0.1, 0.15) is 5.75 Å². The number of nitrogens with one attached hydrogen (secondary N) is 1. The second-order valence-corrected chi connectivity index (χ2v) is 9.89. The smallest absolute Gasteiger partial charge is 0.405 e. The number of H-pyrrole nitrogens is 1. The highest BCUT2D eigenvalue weighted by atomic mass is 79.9. The quantitative estimate of drug-likeness (QED) is 0.529. The van der Waals surface area contributed by atoms with E-state index in [1.807, 2.05) is 0 Å². The fourth-order valence-corrected chi connectivity index (χ4v) is 4.63. The molecule has 0 unspecified atom stereocenters. The number of ether oxygens (including phenoxy) is 1. The molecule has 0 saturated carbocycles. The summed E-state index contributed by atoms with van der Waals surface area (Å²) in [6.07, 6.45) is -5.00. The normalized spacial score (nSPS) is 12.3. The summed E-state index contributed by atoms with van der Waals surface area (Å²) in [4.78, 5) is 27.7. The molecule has 1 N–H and O–H groups in total. The molecule has 0 aliphatic rings. The summed E-state index contributed by atoms with van der Waals surface area (Å²) in [7, 11) is -3.70. The SMILES string of the molecule is CCS(=O)(=O)c1ccc(Cl)cc1Cn1c(=O)[nH]c2cc(Br)c(OC(F)(F)F)cc2c1=O. The zero-order valence-corrected chi connectivity index (χ0v) is 18.7. The van der Waals surface area contributed by atoms with Gasteiger partial charge < -0.3 is 9.72 Å². The molecule has 0 aliphatic heterocycles. The number of nitrogens with zero attached hydrogens (tertiary/aromatic N) is 1. The third kappa shape index (κ3) is 4.96. The predicted octanol–water partition coefficient (Wildman–Crippen LogP) is 3.85. The predicted molar refractivity (Wildman–Crippen MR) is 111 cm³/mol. The van der Waals surface area contributed by atoms with Gasteiger partial charge in [-0.25, -0.2) is 13.2 Å². The molecule has 0 radical (unpaired) electrons. The summed E-state index contributed by atoms with van der Waals surface area (Å²) in [5.74, 6) is -0.899. The molecule has 0 saturated heterocycles. The summed E-state index contributed by atoms with van der Waals surface area (Å²) < 4.78 is 67.1. The minimum absolute atomic E-state index is 0.0276. The van der Waals surface area contributed by atoms with Gasteiger partial charge in [-0.15, -0.1) is 13.2 Å². The van der Waals surface area contributed by atoms with E-state index in [9.17, 15) is 31.2 Å². The van der Waals surface area contributed by atoms with Gasteiger partial charge in [-0.3, -0.25) is 9.36 Å². The molecule has 0 fully saturated rings. The van der Waals surface area contributed by atoms with Crippen LogP contribution in [0.5, 0.6) is 5.75 Å². The summed E-state index contributed by atoms with van der Waals surface area (Å²) in [6, 6.07) is 5.88. The standard InChI is InChI=1S/C18H13BrClF3N2O5S/c1-2-31(28,29)15-4-3-10(20)5-9(15)8-25-16(26)11-6-14(30-18(21,22)23)12(19)7-13(11)24-17(25)27/h3-7H,2,8H2,1H3,(H,24,27). The Labute approximate surface area is 186 Å². The fraction of sp³-hybridized carbons (Fsp3) is 0.222. The van der Waals surface area contributed by atoms with Crippen molar-refractivity contribution in [3.05, 3.63) is 66.2 Å². The van der Waals surface area contributed by atoms with E-state index >= 15 is 0 Å². The monoisotopic (exact) mass is 540 g/mol. The molecule has 31 heavy (non-hydrogen) atoms. The van der Waals surface area contributed by atoms with Crippen molar-refractivity contribution in [1.82, 2.24) is 9.55 Å². The van der Waals surface area contributed by atoms with Gasteiger partial charge in [0, 0.05) is 5.02 Å². The Morgan fingerprint density at radius 3 is 2.48 bits per heavy atom. The van der Waals surface area contributed by atoms with Gasteiger partial charge in [0.05, 0.1) is 32.6 Å². The number of benzene rings is 2. The topological polar surface area (TPSA) is 98.2 Å². The molecule has 1 aromatic heterocycles. The lowest BCUT2D eigenvalue weighted by atomic mass is 10.2. The lowest BCUT2D eigenvalue weighted by molar-refractivity contribution is -0.274. The number of halogens is 5. The largest absolute Gasteiger partial charge is 0.573 e. The number of hydrogen-bond donors (Lipinski definition) is 1. The first kappa shape index (κ1) is 23.4. The summed E-state index contributed by atoms with van der Waals surface area (Å²) in [6.45, 7) is 0.966. The first-order valence-electron chi connectivity index (χ1n) is 8.55. The average molecular weight is 542 g/mol. The second kappa shape index (κ2) is 8.32. The molecule has 0 atom stereocenters. The Bertz CT molecular complexity index is 1400. The molecule has 13 heteroatoms. The van der Waals surface area contributed by atoms with E-state index < -0.39 is 39.7 Å². The van der Waals surface area contributed by atoms with Crippen molar-refractivity contribution in [2.75, 3.05) is 5.75 Å². The van der Waals surface area contributed by atoms with Crippen LogP contribution in [0.1, 0.15) is 12.5 Å². The van der Waals surface area contributed by atoms with Crippen LogP contribution in [0.3, 0.4) is 0 Å². The first-order chi connectivity index (χ1) is 14.3. The Hall–Kier alpha value is -2.31. The molecule has 166 valence electrons.